The van der Waals surface area contributed by atoms with Crippen molar-refractivity contribution < 1.29 is 13.2 Å². The van der Waals surface area contributed by atoms with Crippen molar-refractivity contribution in [2.24, 2.45) is 0 Å². The van der Waals surface area contributed by atoms with Gasteiger partial charge in [-0.1, -0.05) is 11.6 Å². The largest absolute Gasteiger partial charge is 0.299 e. The third-order valence-electron chi connectivity index (χ3n) is 3.89. The summed E-state index contributed by atoms with van der Waals surface area (Å²) >= 11 is 7.27. The van der Waals surface area contributed by atoms with Crippen molar-refractivity contribution >= 4 is 45.0 Å². The van der Waals surface area contributed by atoms with Gasteiger partial charge < -0.3 is 0 Å². The van der Waals surface area contributed by atoms with Crippen LogP contribution in [0.2, 0.25) is 5.02 Å². The molecule has 9 heteroatoms. The monoisotopic (exact) mass is 425 g/mol. The molecule has 0 spiro atoms. The molecular formula is C18H20ClN3O3S2. The Hall–Kier alpha value is -1.74. The Morgan fingerprint density at radius 3 is 2.33 bits per heavy atom. The summed E-state index contributed by atoms with van der Waals surface area (Å²) < 4.78 is 26.9. The smallest absolute Gasteiger partial charge is 0.251 e. The van der Waals surface area contributed by atoms with E-state index in [9.17, 15) is 13.2 Å². The molecule has 2 aromatic rings. The predicted octanol–water partition coefficient (Wildman–Crippen LogP) is 3.40. The van der Waals surface area contributed by atoms with Crippen LogP contribution < -0.4 is 15.6 Å². The minimum absolute atomic E-state index is 0.0618. The van der Waals surface area contributed by atoms with Crippen LogP contribution in [0.15, 0.2) is 58.3 Å². The van der Waals surface area contributed by atoms with Gasteiger partial charge in [-0.05, 0) is 68.3 Å². The molecule has 1 aliphatic carbocycles. The minimum Gasteiger partial charge on any atom is -0.299 e. The van der Waals surface area contributed by atoms with Gasteiger partial charge in [0.25, 0.3) is 5.91 Å². The van der Waals surface area contributed by atoms with Gasteiger partial charge in [0.05, 0.1) is 15.8 Å². The van der Waals surface area contributed by atoms with Crippen molar-refractivity contribution in [1.29, 1.82) is 0 Å². The van der Waals surface area contributed by atoms with E-state index in [2.05, 4.69) is 15.6 Å². The lowest BCUT2D eigenvalue weighted by molar-refractivity contribution is -0.119. The number of carbonyl (C=O) groups excluding carboxylic acids is 1. The normalized spacial score (nSPS) is 15.2. The second-order valence-corrected chi connectivity index (χ2v) is 9.81. The summed E-state index contributed by atoms with van der Waals surface area (Å²) in [6, 6.07) is 13.6. The van der Waals surface area contributed by atoms with Crippen LogP contribution in [0.25, 0.3) is 0 Å². The van der Waals surface area contributed by atoms with E-state index >= 15 is 0 Å². The molecule has 1 aliphatic rings. The third-order valence-corrected chi connectivity index (χ3v) is 6.79. The van der Waals surface area contributed by atoms with E-state index in [1.165, 1.54) is 23.9 Å². The Labute approximate surface area is 168 Å². The van der Waals surface area contributed by atoms with Crippen LogP contribution in [0, 0.1) is 0 Å². The Balaban J connectivity index is 1.51. The topological polar surface area (TPSA) is 87.3 Å². The highest BCUT2D eigenvalue weighted by atomic mass is 35.5. The van der Waals surface area contributed by atoms with Crippen molar-refractivity contribution in [1.82, 2.24) is 10.1 Å². The summed E-state index contributed by atoms with van der Waals surface area (Å²) in [7, 11) is -3.47. The highest BCUT2D eigenvalue weighted by molar-refractivity contribution is 8.00. The number of carbonyl (C=O) groups is 1. The van der Waals surface area contributed by atoms with Crippen LogP contribution in [0.3, 0.4) is 0 Å². The molecule has 3 N–H and O–H groups in total. The quantitative estimate of drug-likeness (QED) is 0.445. The van der Waals surface area contributed by atoms with Gasteiger partial charge in [0, 0.05) is 16.0 Å². The number of rotatable bonds is 8. The maximum atomic E-state index is 12.2. The molecule has 1 fully saturated rings. The molecule has 3 rings (SSSR count). The molecule has 1 atom stereocenters. The molecule has 6 nitrogen and oxygen atoms in total. The van der Waals surface area contributed by atoms with Gasteiger partial charge in [-0.15, -0.1) is 11.8 Å². The lowest BCUT2D eigenvalue weighted by atomic mass is 10.3. The van der Waals surface area contributed by atoms with Crippen LogP contribution >= 0.6 is 23.4 Å². The van der Waals surface area contributed by atoms with Gasteiger partial charge in [0.15, 0.2) is 0 Å². The molecule has 0 aromatic heterocycles. The van der Waals surface area contributed by atoms with E-state index in [-0.39, 0.29) is 22.1 Å². The highest BCUT2D eigenvalue weighted by Crippen LogP contribution is 2.25. The maximum Gasteiger partial charge on any atom is 0.251 e. The van der Waals surface area contributed by atoms with Crippen molar-refractivity contribution in [2.45, 2.75) is 40.8 Å². The molecule has 0 bridgehead atoms. The average Bonchev–Trinajstić information content (AvgIpc) is 3.45. The summed E-state index contributed by atoms with van der Waals surface area (Å²) in [5.41, 5.74) is 6.03. The van der Waals surface area contributed by atoms with Crippen molar-refractivity contribution in [3.8, 4) is 0 Å². The molecule has 0 saturated heterocycles. The molecule has 0 radical (unpaired) electrons. The third kappa shape index (κ3) is 5.87. The Bertz CT molecular complexity index is 898. The summed E-state index contributed by atoms with van der Waals surface area (Å²) in [6.07, 6.45) is 1.77. The first kappa shape index (κ1) is 20.0. The number of hydrogen-bond acceptors (Lipinski definition) is 5. The minimum atomic E-state index is -3.47. The molecular weight excluding hydrogens is 406 g/mol. The second kappa shape index (κ2) is 8.52. The average molecular weight is 426 g/mol. The molecule has 1 saturated carbocycles. The van der Waals surface area contributed by atoms with Crippen molar-refractivity contribution in [3.63, 3.8) is 0 Å². The van der Waals surface area contributed by atoms with Gasteiger partial charge in [-0.3, -0.25) is 15.6 Å². The number of anilines is 1. The van der Waals surface area contributed by atoms with E-state index in [1.54, 1.807) is 31.2 Å². The Morgan fingerprint density at radius 1 is 1.11 bits per heavy atom. The summed E-state index contributed by atoms with van der Waals surface area (Å²) in [5.74, 6) is -0.193. The van der Waals surface area contributed by atoms with E-state index in [4.69, 9.17) is 11.6 Å². The maximum absolute atomic E-state index is 12.2. The number of nitrogens with one attached hydrogen (secondary N) is 3. The number of hydrazine groups is 1. The number of hydrogen-bond donors (Lipinski definition) is 3. The zero-order valence-electron chi connectivity index (χ0n) is 14.6. The zero-order chi connectivity index (χ0) is 19.4. The fraction of sp³-hybridized carbons (Fsp3) is 0.278. The van der Waals surface area contributed by atoms with Crippen LogP contribution in [0.5, 0.6) is 0 Å². The SMILES string of the molecule is CC(Sc1ccc(Cl)cc1)C(=O)NNc1ccc(S(=O)(=O)NC2CC2)cc1. The molecule has 0 aliphatic heterocycles. The van der Waals surface area contributed by atoms with Crippen molar-refractivity contribution in [3.05, 3.63) is 53.6 Å². The highest BCUT2D eigenvalue weighted by Gasteiger charge is 2.27. The van der Waals surface area contributed by atoms with Gasteiger partial charge in [-0.25, -0.2) is 13.1 Å². The van der Waals surface area contributed by atoms with E-state index < -0.39 is 10.0 Å². The summed E-state index contributed by atoms with van der Waals surface area (Å²) in [4.78, 5) is 13.4. The molecule has 2 aromatic carbocycles. The number of sulfonamides is 1. The Morgan fingerprint density at radius 2 is 1.74 bits per heavy atom. The van der Waals surface area contributed by atoms with Crippen LogP contribution in [0.1, 0.15) is 19.8 Å². The molecule has 1 unspecified atom stereocenters. The molecule has 144 valence electrons. The Kier molecular flexibility index (Phi) is 6.31. The first-order chi connectivity index (χ1) is 12.8. The fourth-order valence-electron chi connectivity index (χ4n) is 2.21. The molecule has 27 heavy (non-hydrogen) atoms. The predicted molar refractivity (Wildman–Crippen MR) is 108 cm³/mol. The van der Waals surface area contributed by atoms with E-state index in [0.29, 0.717) is 10.7 Å². The fourth-order valence-corrected chi connectivity index (χ4v) is 4.51. The number of amides is 1. The van der Waals surface area contributed by atoms with Crippen molar-refractivity contribution in [2.75, 3.05) is 5.43 Å². The van der Waals surface area contributed by atoms with Crippen LogP contribution in [-0.2, 0) is 14.8 Å². The van der Waals surface area contributed by atoms with E-state index in [1.807, 2.05) is 12.1 Å². The van der Waals surface area contributed by atoms with Gasteiger partial charge in [-0.2, -0.15) is 0 Å². The summed E-state index contributed by atoms with van der Waals surface area (Å²) in [5, 5.41) is 0.331. The second-order valence-electron chi connectivity index (χ2n) is 6.25. The van der Waals surface area contributed by atoms with Gasteiger partial charge in [0.2, 0.25) is 10.0 Å². The summed E-state index contributed by atoms with van der Waals surface area (Å²) in [6.45, 7) is 1.80. The lowest BCUT2D eigenvalue weighted by Gasteiger charge is -2.14. The van der Waals surface area contributed by atoms with E-state index in [0.717, 1.165) is 17.7 Å². The first-order valence-electron chi connectivity index (χ1n) is 8.44. The number of halogens is 1. The first-order valence-corrected chi connectivity index (χ1v) is 11.2. The molecule has 1 amide bonds. The lowest BCUT2D eigenvalue weighted by Crippen LogP contribution is -2.35. The number of thioether (sulfide) groups is 1. The zero-order valence-corrected chi connectivity index (χ0v) is 17.0. The van der Waals surface area contributed by atoms with Gasteiger partial charge >= 0.3 is 0 Å². The standard InChI is InChI=1S/C18H20ClN3O3S2/c1-12(26-16-8-2-13(19)3-9-16)18(23)21-20-14-6-10-17(11-7-14)27(24,25)22-15-4-5-15/h2-3,6-12,15,20,22H,4-5H2,1H3,(H,21,23). The van der Waals surface area contributed by atoms with Gasteiger partial charge in [0.1, 0.15) is 0 Å². The van der Waals surface area contributed by atoms with Crippen LogP contribution in [0.4, 0.5) is 5.69 Å². The number of benzene rings is 2. The molecule has 0 heterocycles. The van der Waals surface area contributed by atoms with Crippen LogP contribution in [-0.4, -0.2) is 25.6 Å².